The average Bonchev–Trinajstić information content (AvgIpc) is 2.67. The second kappa shape index (κ2) is 6.00. The quantitative estimate of drug-likeness (QED) is 0.563. The summed E-state index contributed by atoms with van der Waals surface area (Å²) < 4.78 is 15.8. The summed E-state index contributed by atoms with van der Waals surface area (Å²) in [4.78, 5) is 24.9. The Bertz CT molecular complexity index is 1040. The predicted molar refractivity (Wildman–Crippen MR) is 93.0 cm³/mol. The number of benzene rings is 2. The van der Waals surface area contributed by atoms with Crippen LogP contribution >= 0.6 is 0 Å². The third-order valence-electron chi connectivity index (χ3n) is 4.61. The molecule has 0 spiro atoms. The molecule has 2 aromatic carbocycles. The zero-order chi connectivity index (χ0) is 18.3. The van der Waals surface area contributed by atoms with Crippen LogP contribution in [0.1, 0.15) is 23.5 Å². The third kappa shape index (κ3) is 2.46. The number of aliphatic hydroxyl groups is 1. The highest BCUT2D eigenvalue weighted by Crippen LogP contribution is 2.45. The molecule has 26 heavy (non-hydrogen) atoms. The van der Waals surface area contributed by atoms with Crippen molar-refractivity contribution in [1.82, 2.24) is 0 Å². The van der Waals surface area contributed by atoms with Crippen LogP contribution in [0.25, 0.3) is 11.0 Å². The van der Waals surface area contributed by atoms with E-state index >= 15 is 0 Å². The number of carbonyl (C=O) groups excluding carboxylic acids is 1. The molecule has 0 aliphatic carbocycles. The Morgan fingerprint density at radius 2 is 1.85 bits per heavy atom. The fourth-order valence-corrected chi connectivity index (χ4v) is 3.39. The van der Waals surface area contributed by atoms with Gasteiger partial charge in [0, 0.05) is 12.3 Å². The van der Waals surface area contributed by atoms with E-state index in [1.807, 2.05) is 30.3 Å². The van der Waals surface area contributed by atoms with Crippen LogP contribution < -0.4 is 10.4 Å². The molecule has 0 bridgehead atoms. The number of carbonyl (C=O) groups is 1. The lowest BCUT2D eigenvalue weighted by atomic mass is 9.83. The molecule has 6 heteroatoms. The lowest BCUT2D eigenvalue weighted by molar-refractivity contribution is -0.202. The molecule has 2 atom stereocenters. The molecule has 132 valence electrons. The Hall–Kier alpha value is -3.12. The van der Waals surface area contributed by atoms with Crippen molar-refractivity contribution in [3.05, 3.63) is 76.1 Å². The molecule has 1 N–H and O–H groups in total. The zero-order valence-corrected chi connectivity index (χ0v) is 14.0. The van der Waals surface area contributed by atoms with Crippen molar-refractivity contribution in [3.63, 3.8) is 0 Å². The molecular formula is C20H16O6. The van der Waals surface area contributed by atoms with Gasteiger partial charge in [0.25, 0.3) is 0 Å². The summed E-state index contributed by atoms with van der Waals surface area (Å²) in [6.07, 6.45) is -0.153. The Labute approximate surface area is 148 Å². The molecular weight excluding hydrogens is 336 g/mol. The number of rotatable bonds is 2. The van der Waals surface area contributed by atoms with E-state index in [0.29, 0.717) is 11.0 Å². The maximum absolute atomic E-state index is 12.7. The van der Waals surface area contributed by atoms with E-state index in [9.17, 15) is 14.7 Å². The van der Waals surface area contributed by atoms with Crippen LogP contribution in [0.4, 0.5) is 0 Å². The lowest BCUT2D eigenvalue weighted by Crippen LogP contribution is -2.50. The van der Waals surface area contributed by atoms with Gasteiger partial charge in [-0.15, -0.1) is 0 Å². The Morgan fingerprint density at radius 1 is 1.15 bits per heavy atom. The van der Waals surface area contributed by atoms with Crippen LogP contribution in [0.5, 0.6) is 5.75 Å². The first-order valence-corrected chi connectivity index (χ1v) is 8.14. The summed E-state index contributed by atoms with van der Waals surface area (Å²) in [7, 11) is 1.17. The Morgan fingerprint density at radius 3 is 2.58 bits per heavy atom. The summed E-state index contributed by atoms with van der Waals surface area (Å²) in [5.74, 6) is -3.55. The highest BCUT2D eigenvalue weighted by molar-refractivity contribution is 5.87. The zero-order valence-electron chi connectivity index (χ0n) is 14.0. The summed E-state index contributed by atoms with van der Waals surface area (Å²) in [6, 6.07) is 16.0. The standard InChI is InChI=1S/C20H16O6/c1-24-19(22)20(23)11-14(12-7-3-2-4-8-12)16-17(26-20)13-9-5-6-10-15(13)25-18(16)21/h2-10,14,23H,11H2,1H3/t14?,20-/m1/s1. The van der Waals surface area contributed by atoms with Crippen molar-refractivity contribution in [2.45, 2.75) is 18.1 Å². The van der Waals surface area contributed by atoms with Gasteiger partial charge in [-0.2, -0.15) is 0 Å². The van der Waals surface area contributed by atoms with Crippen LogP contribution in [0.2, 0.25) is 0 Å². The summed E-state index contributed by atoms with van der Waals surface area (Å²) in [5.41, 5.74) is 0.807. The summed E-state index contributed by atoms with van der Waals surface area (Å²) in [5, 5.41) is 11.3. The third-order valence-corrected chi connectivity index (χ3v) is 4.61. The molecule has 6 nitrogen and oxygen atoms in total. The van der Waals surface area contributed by atoms with Crippen LogP contribution in [-0.2, 0) is 9.53 Å². The molecule has 1 aliphatic heterocycles. The summed E-state index contributed by atoms with van der Waals surface area (Å²) in [6.45, 7) is 0. The predicted octanol–water partition coefficient (Wildman–Crippen LogP) is 2.57. The van der Waals surface area contributed by atoms with Gasteiger partial charge in [-0.1, -0.05) is 42.5 Å². The molecule has 0 saturated heterocycles. The fourth-order valence-electron chi connectivity index (χ4n) is 3.39. The van der Waals surface area contributed by atoms with Gasteiger partial charge >= 0.3 is 17.4 Å². The van der Waals surface area contributed by atoms with Gasteiger partial charge in [0.1, 0.15) is 11.3 Å². The number of ether oxygens (including phenoxy) is 2. The lowest BCUT2D eigenvalue weighted by Gasteiger charge is -2.36. The van der Waals surface area contributed by atoms with Gasteiger partial charge in [-0.25, -0.2) is 9.59 Å². The number of fused-ring (bicyclic) bond motifs is 3. The van der Waals surface area contributed by atoms with E-state index in [1.165, 1.54) is 7.11 Å². The van der Waals surface area contributed by atoms with Gasteiger partial charge in [-0.05, 0) is 17.7 Å². The first-order chi connectivity index (χ1) is 12.5. The van der Waals surface area contributed by atoms with Gasteiger partial charge in [-0.3, -0.25) is 0 Å². The first-order valence-electron chi connectivity index (χ1n) is 8.14. The molecule has 0 fully saturated rings. The molecule has 0 radical (unpaired) electrons. The molecule has 0 saturated carbocycles. The number of hydrogen-bond acceptors (Lipinski definition) is 6. The van der Waals surface area contributed by atoms with Crippen LogP contribution in [0.15, 0.2) is 63.8 Å². The van der Waals surface area contributed by atoms with E-state index < -0.39 is 23.3 Å². The van der Waals surface area contributed by atoms with Gasteiger partial charge in [0.05, 0.1) is 18.1 Å². The maximum atomic E-state index is 12.7. The maximum Gasteiger partial charge on any atom is 0.379 e. The minimum Gasteiger partial charge on any atom is -0.464 e. The van der Waals surface area contributed by atoms with Crippen LogP contribution in [0.3, 0.4) is 0 Å². The fraction of sp³-hybridized carbons (Fsp3) is 0.200. The van der Waals surface area contributed by atoms with E-state index in [4.69, 9.17) is 13.9 Å². The average molecular weight is 352 g/mol. The second-order valence-corrected chi connectivity index (χ2v) is 6.17. The van der Waals surface area contributed by atoms with Gasteiger partial charge in [0.2, 0.25) is 0 Å². The molecule has 4 rings (SSSR count). The number of esters is 1. The van der Waals surface area contributed by atoms with E-state index in [1.54, 1.807) is 24.3 Å². The smallest absolute Gasteiger partial charge is 0.379 e. The monoisotopic (exact) mass is 352 g/mol. The van der Waals surface area contributed by atoms with Crippen LogP contribution in [-0.4, -0.2) is 24.0 Å². The molecule has 0 amide bonds. The van der Waals surface area contributed by atoms with E-state index in [2.05, 4.69) is 0 Å². The highest BCUT2D eigenvalue weighted by Gasteiger charge is 2.49. The highest BCUT2D eigenvalue weighted by atomic mass is 16.7. The van der Waals surface area contributed by atoms with Crippen molar-refractivity contribution in [3.8, 4) is 5.75 Å². The minimum absolute atomic E-state index is 0.143. The van der Waals surface area contributed by atoms with Gasteiger partial charge in [0.15, 0.2) is 0 Å². The van der Waals surface area contributed by atoms with Crippen molar-refractivity contribution in [1.29, 1.82) is 0 Å². The minimum atomic E-state index is -2.20. The number of methoxy groups -OCH3 is 1. The summed E-state index contributed by atoms with van der Waals surface area (Å²) >= 11 is 0. The normalized spacial score (nSPS) is 21.7. The second-order valence-electron chi connectivity index (χ2n) is 6.17. The molecule has 2 heterocycles. The van der Waals surface area contributed by atoms with Crippen molar-refractivity contribution < 1.29 is 23.8 Å². The molecule has 1 unspecified atom stereocenters. The SMILES string of the molecule is COC(=O)[C@@]1(O)CC(c2ccccc2)c2c(c3ccccc3oc2=O)O1. The Balaban J connectivity index is 2.02. The molecule has 1 aromatic heterocycles. The largest absolute Gasteiger partial charge is 0.464 e. The molecule has 1 aliphatic rings. The first kappa shape index (κ1) is 16.4. The van der Waals surface area contributed by atoms with Crippen LogP contribution in [0, 0.1) is 0 Å². The van der Waals surface area contributed by atoms with Gasteiger partial charge < -0.3 is 19.0 Å². The number of hydrogen-bond donors (Lipinski definition) is 1. The van der Waals surface area contributed by atoms with Crippen molar-refractivity contribution in [2.75, 3.05) is 7.11 Å². The number of para-hydroxylation sites is 1. The van der Waals surface area contributed by atoms with Crippen molar-refractivity contribution >= 4 is 16.9 Å². The van der Waals surface area contributed by atoms with Crippen molar-refractivity contribution in [2.24, 2.45) is 0 Å². The van der Waals surface area contributed by atoms with E-state index in [0.717, 1.165) is 5.56 Å². The van der Waals surface area contributed by atoms with E-state index in [-0.39, 0.29) is 17.7 Å². The topological polar surface area (TPSA) is 86.0 Å². The Kier molecular flexibility index (Phi) is 3.77. The molecule has 3 aromatic rings.